The van der Waals surface area contributed by atoms with Gasteiger partial charge in [0.25, 0.3) is 0 Å². The van der Waals surface area contributed by atoms with Gasteiger partial charge in [-0.25, -0.2) is 4.79 Å². The summed E-state index contributed by atoms with van der Waals surface area (Å²) in [5, 5.41) is 0. The van der Waals surface area contributed by atoms with Crippen LogP contribution in [0.25, 0.3) is 0 Å². The first-order chi connectivity index (χ1) is 5.38. The van der Waals surface area contributed by atoms with E-state index in [9.17, 15) is 4.79 Å². The Morgan fingerprint density at radius 1 is 1.58 bits per heavy atom. The van der Waals surface area contributed by atoms with Crippen LogP contribution in [0.3, 0.4) is 0 Å². The van der Waals surface area contributed by atoms with Gasteiger partial charge < -0.3 is 4.74 Å². The van der Waals surface area contributed by atoms with Crippen molar-refractivity contribution in [2.75, 3.05) is 6.54 Å². The van der Waals surface area contributed by atoms with Gasteiger partial charge >= 0.3 is 6.09 Å². The van der Waals surface area contributed by atoms with Crippen LogP contribution in [0, 0.1) is 0 Å². The highest BCUT2D eigenvalue weighted by atomic mass is 16.6. The zero-order valence-corrected chi connectivity index (χ0v) is 8.05. The molecule has 3 nitrogen and oxygen atoms in total. The van der Waals surface area contributed by atoms with Gasteiger partial charge in [0.1, 0.15) is 5.60 Å². The Bertz CT molecular complexity index is 225. The topological polar surface area (TPSA) is 29.5 Å². The molecule has 0 atom stereocenters. The van der Waals surface area contributed by atoms with E-state index in [1.165, 1.54) is 5.57 Å². The van der Waals surface area contributed by atoms with Crippen LogP contribution in [0.15, 0.2) is 11.8 Å². The number of amides is 1. The minimum absolute atomic E-state index is 0.256. The Morgan fingerprint density at radius 2 is 2.08 bits per heavy atom. The van der Waals surface area contributed by atoms with Crippen molar-refractivity contribution in [2.24, 2.45) is 0 Å². The van der Waals surface area contributed by atoms with Crippen molar-refractivity contribution >= 4 is 6.09 Å². The van der Waals surface area contributed by atoms with Gasteiger partial charge in [-0.15, -0.1) is 0 Å². The number of carbonyl (C=O) groups is 1. The van der Waals surface area contributed by atoms with Crippen LogP contribution >= 0.6 is 0 Å². The van der Waals surface area contributed by atoms with E-state index < -0.39 is 5.60 Å². The van der Waals surface area contributed by atoms with E-state index in [1.54, 1.807) is 11.1 Å². The van der Waals surface area contributed by atoms with Crippen LogP contribution in [0.5, 0.6) is 0 Å². The monoisotopic (exact) mass is 169 g/mol. The lowest BCUT2D eigenvalue weighted by Crippen LogP contribution is -2.39. The minimum atomic E-state index is -0.394. The summed E-state index contributed by atoms with van der Waals surface area (Å²) < 4.78 is 5.13. The van der Waals surface area contributed by atoms with Crippen molar-refractivity contribution in [1.82, 2.24) is 4.90 Å². The second kappa shape index (κ2) is 2.81. The lowest BCUT2D eigenvalue weighted by molar-refractivity contribution is 0.0317. The smallest absolute Gasteiger partial charge is 0.414 e. The van der Waals surface area contributed by atoms with E-state index in [4.69, 9.17) is 4.74 Å². The number of rotatable bonds is 0. The standard InChI is InChI=1S/C9H15NO2/c1-7-5-10(6-7)8(11)12-9(2,3)4/h5H,6H2,1-4H3. The van der Waals surface area contributed by atoms with Gasteiger partial charge in [-0.1, -0.05) is 0 Å². The van der Waals surface area contributed by atoms with E-state index in [2.05, 4.69) is 0 Å². The summed E-state index contributed by atoms with van der Waals surface area (Å²) in [5.74, 6) is 0. The van der Waals surface area contributed by atoms with Gasteiger partial charge in [0.2, 0.25) is 0 Å². The number of hydrogen-bond donors (Lipinski definition) is 0. The van der Waals surface area contributed by atoms with Crippen LogP contribution in [0.1, 0.15) is 27.7 Å². The van der Waals surface area contributed by atoms with Gasteiger partial charge in [0.15, 0.2) is 0 Å². The molecule has 1 rings (SSSR count). The summed E-state index contributed by atoms with van der Waals surface area (Å²) in [4.78, 5) is 12.8. The normalized spacial score (nSPS) is 16.7. The average Bonchev–Trinajstić information content (AvgIpc) is 1.76. The van der Waals surface area contributed by atoms with Crippen molar-refractivity contribution in [2.45, 2.75) is 33.3 Å². The van der Waals surface area contributed by atoms with Crippen molar-refractivity contribution < 1.29 is 9.53 Å². The van der Waals surface area contributed by atoms with Gasteiger partial charge in [0, 0.05) is 6.20 Å². The fourth-order valence-electron chi connectivity index (χ4n) is 0.947. The maximum absolute atomic E-state index is 11.2. The van der Waals surface area contributed by atoms with Gasteiger partial charge in [-0.2, -0.15) is 0 Å². The largest absolute Gasteiger partial charge is 0.443 e. The number of nitrogens with zero attached hydrogens (tertiary/aromatic N) is 1. The van der Waals surface area contributed by atoms with E-state index in [1.807, 2.05) is 27.7 Å². The van der Waals surface area contributed by atoms with Gasteiger partial charge in [-0.3, -0.25) is 4.90 Å². The Hall–Kier alpha value is -0.990. The van der Waals surface area contributed by atoms with Crippen LogP contribution in [0.2, 0.25) is 0 Å². The first-order valence-corrected chi connectivity index (χ1v) is 4.05. The summed E-state index contributed by atoms with van der Waals surface area (Å²) in [6, 6.07) is 0. The Morgan fingerprint density at radius 3 is 2.42 bits per heavy atom. The second-order valence-corrected chi connectivity index (χ2v) is 4.08. The summed E-state index contributed by atoms with van der Waals surface area (Å²) >= 11 is 0. The Kier molecular flexibility index (Phi) is 2.13. The third-order valence-electron chi connectivity index (χ3n) is 1.42. The first-order valence-electron chi connectivity index (χ1n) is 4.05. The zero-order chi connectivity index (χ0) is 9.35. The Balaban J connectivity index is 2.41. The second-order valence-electron chi connectivity index (χ2n) is 4.08. The van der Waals surface area contributed by atoms with Gasteiger partial charge in [0.05, 0.1) is 6.54 Å². The summed E-state index contributed by atoms with van der Waals surface area (Å²) in [7, 11) is 0. The van der Waals surface area contributed by atoms with E-state index in [-0.39, 0.29) is 6.09 Å². The van der Waals surface area contributed by atoms with Crippen molar-refractivity contribution in [3.05, 3.63) is 11.8 Å². The summed E-state index contributed by atoms with van der Waals surface area (Å²) in [5.41, 5.74) is 0.815. The quantitative estimate of drug-likeness (QED) is 0.556. The highest BCUT2D eigenvalue weighted by molar-refractivity contribution is 5.71. The first kappa shape index (κ1) is 9.10. The van der Waals surface area contributed by atoms with Crippen LogP contribution in [-0.4, -0.2) is 23.1 Å². The highest BCUT2D eigenvalue weighted by Gasteiger charge is 2.24. The van der Waals surface area contributed by atoms with E-state index in [0.717, 1.165) is 0 Å². The summed E-state index contributed by atoms with van der Waals surface area (Å²) in [6.07, 6.45) is 1.54. The maximum atomic E-state index is 11.2. The van der Waals surface area contributed by atoms with E-state index in [0.29, 0.717) is 6.54 Å². The van der Waals surface area contributed by atoms with Crippen molar-refractivity contribution in [1.29, 1.82) is 0 Å². The summed E-state index contributed by atoms with van der Waals surface area (Å²) in [6.45, 7) is 8.28. The highest BCUT2D eigenvalue weighted by Crippen LogP contribution is 2.16. The van der Waals surface area contributed by atoms with Crippen LogP contribution < -0.4 is 0 Å². The lowest BCUT2D eigenvalue weighted by Gasteiger charge is -2.30. The van der Waals surface area contributed by atoms with Crippen LogP contribution in [-0.2, 0) is 4.74 Å². The molecule has 0 radical (unpaired) electrons. The van der Waals surface area contributed by atoms with Crippen LogP contribution in [0.4, 0.5) is 4.79 Å². The fraction of sp³-hybridized carbons (Fsp3) is 0.667. The molecule has 3 heteroatoms. The molecule has 0 bridgehead atoms. The van der Waals surface area contributed by atoms with Crippen molar-refractivity contribution in [3.8, 4) is 0 Å². The molecule has 68 valence electrons. The molecule has 0 aliphatic carbocycles. The molecule has 1 aliphatic rings. The van der Waals surface area contributed by atoms with E-state index >= 15 is 0 Å². The number of ether oxygens (including phenoxy) is 1. The number of hydrogen-bond acceptors (Lipinski definition) is 2. The molecule has 1 aliphatic heterocycles. The predicted octanol–water partition coefficient (Wildman–Crippen LogP) is 2.14. The molecule has 12 heavy (non-hydrogen) atoms. The third-order valence-corrected chi connectivity index (χ3v) is 1.42. The number of carbonyl (C=O) groups excluding carboxylic acids is 1. The molecule has 0 unspecified atom stereocenters. The average molecular weight is 169 g/mol. The molecule has 0 fully saturated rings. The molecule has 0 aromatic heterocycles. The zero-order valence-electron chi connectivity index (χ0n) is 8.05. The molecule has 0 spiro atoms. The maximum Gasteiger partial charge on any atom is 0.414 e. The van der Waals surface area contributed by atoms with Crippen molar-refractivity contribution in [3.63, 3.8) is 0 Å². The lowest BCUT2D eigenvalue weighted by atomic mass is 10.2. The molecular formula is C9H15NO2. The molecule has 0 aromatic carbocycles. The molecule has 1 amide bonds. The SMILES string of the molecule is CC1=CN(C(=O)OC(C)(C)C)C1. The Labute approximate surface area is 73.0 Å². The molecule has 0 aromatic rings. The van der Waals surface area contributed by atoms with Gasteiger partial charge in [-0.05, 0) is 33.3 Å². The predicted molar refractivity (Wildman–Crippen MR) is 46.7 cm³/mol. The molecular weight excluding hydrogens is 154 g/mol. The molecule has 0 saturated heterocycles. The minimum Gasteiger partial charge on any atom is -0.443 e. The third kappa shape index (κ3) is 2.26. The fourth-order valence-corrected chi connectivity index (χ4v) is 0.947. The molecule has 0 N–H and O–H groups in total. The molecule has 0 saturated carbocycles. The molecule has 1 heterocycles.